The molecule has 0 atom stereocenters. The molecule has 0 amide bonds. The summed E-state index contributed by atoms with van der Waals surface area (Å²) in [5.41, 5.74) is 0.177. The van der Waals surface area contributed by atoms with Gasteiger partial charge in [0.05, 0.1) is 20.0 Å². The van der Waals surface area contributed by atoms with Crippen molar-refractivity contribution in [2.75, 3.05) is 0 Å². The molecule has 0 N–H and O–H groups in total. The first-order valence-electron chi connectivity index (χ1n) is 8.31. The van der Waals surface area contributed by atoms with Crippen LogP contribution in [-0.2, 0) is 14.7 Å². The van der Waals surface area contributed by atoms with Gasteiger partial charge in [-0.3, -0.25) is 10.1 Å². The number of benzene rings is 2. The fourth-order valence-electron chi connectivity index (χ4n) is 2.18. The van der Waals surface area contributed by atoms with Gasteiger partial charge in [-0.2, -0.15) is 0 Å². The summed E-state index contributed by atoms with van der Waals surface area (Å²) >= 11 is 3.15. The van der Waals surface area contributed by atoms with E-state index in [2.05, 4.69) is 36.0 Å². The lowest BCUT2D eigenvalue weighted by atomic mass is 10.3. The first-order valence-corrected chi connectivity index (χ1v) is 10.6. The van der Waals surface area contributed by atoms with Gasteiger partial charge in [0.2, 0.25) is 28.4 Å². The molecule has 0 aliphatic heterocycles. The van der Waals surface area contributed by atoms with Crippen LogP contribution >= 0.6 is 15.9 Å². The van der Waals surface area contributed by atoms with Crippen LogP contribution in [0.15, 0.2) is 85.6 Å². The Bertz CT molecular complexity index is 1230. The van der Waals surface area contributed by atoms with Crippen molar-refractivity contribution >= 4 is 49.9 Å². The molecule has 0 aliphatic carbocycles. The van der Waals surface area contributed by atoms with Gasteiger partial charge in [-0.25, -0.2) is 23.4 Å². The average Bonchev–Trinajstić information content (AvgIpc) is 2.77. The summed E-state index contributed by atoms with van der Waals surface area (Å²) in [5.74, 6) is 0.00309. The Morgan fingerprint density at radius 2 is 1.71 bits per heavy atom. The monoisotopic (exact) mass is 505 g/mol. The van der Waals surface area contributed by atoms with Crippen LogP contribution in [0, 0.1) is 10.1 Å². The number of hydrogen-bond donors (Lipinski definition) is 0. The van der Waals surface area contributed by atoms with Gasteiger partial charge in [-0.15, -0.1) is 0 Å². The van der Waals surface area contributed by atoms with Crippen LogP contribution in [0.1, 0.15) is 0 Å². The lowest BCUT2D eigenvalue weighted by Gasteiger charge is -2.03. The van der Waals surface area contributed by atoms with Gasteiger partial charge >= 0.3 is 5.69 Å². The Hall–Kier alpha value is -3.71. The number of hydrogen-bond acceptors (Lipinski definition) is 10. The topological polar surface area (TPSA) is 146 Å². The van der Waals surface area contributed by atoms with Gasteiger partial charge in [0, 0.05) is 18.5 Å². The lowest BCUT2D eigenvalue weighted by Crippen LogP contribution is -2.06. The molecule has 1 heterocycles. The van der Waals surface area contributed by atoms with E-state index in [0.29, 0.717) is 10.2 Å². The highest BCUT2D eigenvalue weighted by atomic mass is 79.9. The number of rotatable bonds is 8. The Kier molecular flexibility index (Phi) is 6.99. The number of halogens is 1. The van der Waals surface area contributed by atoms with Gasteiger partial charge in [0.1, 0.15) is 0 Å². The summed E-state index contributed by atoms with van der Waals surface area (Å²) in [6.07, 6.45) is 4.55. The van der Waals surface area contributed by atoms with Crippen molar-refractivity contribution in [2.24, 2.45) is 10.1 Å². The Labute approximate surface area is 184 Å². The van der Waals surface area contributed by atoms with E-state index in [9.17, 15) is 18.5 Å². The highest BCUT2D eigenvalue weighted by Crippen LogP contribution is 2.25. The molecule has 0 spiro atoms. The van der Waals surface area contributed by atoms with Crippen molar-refractivity contribution < 1.29 is 22.9 Å². The molecule has 11 nitrogen and oxygen atoms in total. The predicted molar refractivity (Wildman–Crippen MR) is 113 cm³/mol. The molecule has 0 saturated heterocycles. The van der Waals surface area contributed by atoms with Gasteiger partial charge in [-0.1, -0.05) is 12.1 Å². The molecule has 0 saturated carbocycles. The van der Waals surface area contributed by atoms with Crippen LogP contribution in [0.25, 0.3) is 0 Å². The molecule has 2 aromatic carbocycles. The molecule has 1 aromatic heterocycles. The summed E-state index contributed by atoms with van der Waals surface area (Å²) in [7, 11) is -3.86. The van der Waals surface area contributed by atoms with Crippen LogP contribution in [0.4, 0.5) is 11.4 Å². The van der Waals surface area contributed by atoms with Gasteiger partial charge in [0.15, 0.2) is 0 Å². The number of aromatic nitrogens is 2. The van der Waals surface area contributed by atoms with E-state index in [-0.39, 0.29) is 21.5 Å². The van der Waals surface area contributed by atoms with Crippen LogP contribution in [0.2, 0.25) is 0 Å². The number of ether oxygens (including phenoxy) is 1. The number of para-hydroxylation sites is 2. The molecule has 13 heteroatoms. The Morgan fingerprint density at radius 3 is 2.39 bits per heavy atom. The molecular weight excluding hydrogens is 494 g/mol. The third kappa shape index (κ3) is 5.67. The third-order valence-electron chi connectivity index (χ3n) is 3.58. The molecule has 0 bridgehead atoms. The van der Waals surface area contributed by atoms with Gasteiger partial charge < -0.3 is 9.57 Å². The van der Waals surface area contributed by atoms with Crippen molar-refractivity contribution in [3.05, 3.63) is 75.5 Å². The second kappa shape index (κ2) is 9.86. The van der Waals surface area contributed by atoms with E-state index in [0.717, 1.165) is 12.8 Å². The fraction of sp³-hybridized carbons (Fsp3) is 0. The zero-order chi connectivity index (χ0) is 22.3. The van der Waals surface area contributed by atoms with Gasteiger partial charge in [-0.05, 0) is 51.4 Å². The van der Waals surface area contributed by atoms with E-state index in [4.69, 9.17) is 9.57 Å². The van der Waals surface area contributed by atoms with E-state index >= 15 is 0 Å². The van der Waals surface area contributed by atoms with Crippen molar-refractivity contribution in [3.8, 4) is 5.75 Å². The first-order chi connectivity index (χ1) is 14.9. The zero-order valence-electron chi connectivity index (χ0n) is 15.4. The second-order valence-electron chi connectivity index (χ2n) is 5.57. The van der Waals surface area contributed by atoms with E-state index in [1.807, 2.05) is 0 Å². The number of aliphatic imine (C=N–C) groups is 1. The molecular formula is C18H12BrN5O6S. The summed E-state index contributed by atoms with van der Waals surface area (Å²) in [5, 5.41) is 14.0. The summed E-state index contributed by atoms with van der Waals surface area (Å²) in [6, 6.07) is 11.4. The van der Waals surface area contributed by atoms with E-state index < -0.39 is 14.8 Å². The van der Waals surface area contributed by atoms with E-state index in [1.54, 1.807) is 6.07 Å². The van der Waals surface area contributed by atoms with Crippen molar-refractivity contribution in [3.63, 3.8) is 0 Å². The molecule has 0 fully saturated rings. The highest BCUT2D eigenvalue weighted by molar-refractivity contribution is 9.10. The number of nitro groups is 1. The highest BCUT2D eigenvalue weighted by Gasteiger charge is 2.20. The van der Waals surface area contributed by atoms with E-state index in [1.165, 1.54) is 54.9 Å². The maximum Gasteiger partial charge on any atom is 0.311 e. The third-order valence-corrected chi connectivity index (χ3v) is 5.57. The smallest absolute Gasteiger partial charge is 0.311 e. The lowest BCUT2D eigenvalue weighted by molar-refractivity contribution is -0.385. The first kappa shape index (κ1) is 22.0. The molecule has 0 radical (unpaired) electrons. The fourth-order valence-corrected chi connectivity index (χ4v) is 3.47. The molecule has 0 aliphatic rings. The van der Waals surface area contributed by atoms with Gasteiger partial charge in [0.25, 0.3) is 5.16 Å². The van der Waals surface area contributed by atoms with Crippen LogP contribution < -0.4 is 4.74 Å². The average molecular weight is 506 g/mol. The minimum absolute atomic E-state index is 0.00309. The normalized spacial score (nSPS) is 11.6. The maximum absolute atomic E-state index is 12.5. The van der Waals surface area contributed by atoms with Crippen molar-refractivity contribution in [1.82, 2.24) is 9.97 Å². The molecule has 3 aromatic rings. The van der Waals surface area contributed by atoms with Crippen LogP contribution in [0.3, 0.4) is 0 Å². The molecule has 3 rings (SSSR count). The largest absolute Gasteiger partial charge is 0.435 e. The molecule has 158 valence electrons. The second-order valence-corrected chi connectivity index (χ2v) is 8.33. The number of sulfone groups is 1. The molecule has 31 heavy (non-hydrogen) atoms. The quantitative estimate of drug-likeness (QED) is 0.148. The zero-order valence-corrected chi connectivity index (χ0v) is 17.8. The number of nitro benzene ring substituents is 1. The Balaban J connectivity index is 1.58. The predicted octanol–water partition coefficient (Wildman–Crippen LogP) is 3.68. The standard InChI is InChI=1S/C18H12BrN5O6S/c19-13-9-20-18(21-10-13)31(27,28)15-7-5-14(6-8-15)22-11-30-23-12-29-17-4-2-1-3-16(17)24(25)26/h1-12H/b22-11+,23-12+. The molecule has 0 unspecified atom stereocenters. The number of oxime groups is 1. The summed E-state index contributed by atoms with van der Waals surface area (Å²) in [4.78, 5) is 26.6. The minimum Gasteiger partial charge on any atom is -0.435 e. The van der Waals surface area contributed by atoms with Crippen molar-refractivity contribution in [2.45, 2.75) is 10.1 Å². The van der Waals surface area contributed by atoms with Crippen LogP contribution in [0.5, 0.6) is 5.75 Å². The summed E-state index contributed by atoms with van der Waals surface area (Å²) < 4.78 is 30.6. The summed E-state index contributed by atoms with van der Waals surface area (Å²) in [6.45, 7) is 0. The van der Waals surface area contributed by atoms with Crippen molar-refractivity contribution in [1.29, 1.82) is 0 Å². The van der Waals surface area contributed by atoms with Crippen LogP contribution in [-0.4, -0.2) is 36.1 Å². The maximum atomic E-state index is 12.5. The number of nitrogens with zero attached hydrogens (tertiary/aromatic N) is 5. The minimum atomic E-state index is -3.86. The SMILES string of the molecule is O=[N+]([O-])c1ccccc1O/C=N/O/C=N/c1ccc(S(=O)(=O)c2ncc(Br)cn2)cc1. The Morgan fingerprint density at radius 1 is 1.03 bits per heavy atom.